The van der Waals surface area contributed by atoms with Gasteiger partial charge in [-0.2, -0.15) is 0 Å². The van der Waals surface area contributed by atoms with Crippen molar-refractivity contribution in [2.24, 2.45) is 5.11 Å². The summed E-state index contributed by atoms with van der Waals surface area (Å²) < 4.78 is 0. The molecule has 0 fully saturated rings. The first kappa shape index (κ1) is 7.37. The van der Waals surface area contributed by atoms with Crippen LogP contribution in [0.25, 0.3) is 10.4 Å². The number of hydrogen-bond donors (Lipinski definition) is 1. The summed E-state index contributed by atoms with van der Waals surface area (Å²) in [6.45, 7) is 1.75. The molecule has 11 heavy (non-hydrogen) atoms. The van der Waals surface area contributed by atoms with E-state index in [0.717, 1.165) is 0 Å². The van der Waals surface area contributed by atoms with E-state index in [1.54, 1.807) is 13.0 Å². The third-order valence-corrected chi connectivity index (χ3v) is 1.23. The zero-order chi connectivity index (χ0) is 8.27. The van der Waals surface area contributed by atoms with Gasteiger partial charge in [0.05, 0.1) is 17.6 Å². The minimum absolute atomic E-state index is 0.479. The molecule has 1 aromatic rings. The molecule has 2 N–H and O–H groups in total. The van der Waals surface area contributed by atoms with Gasteiger partial charge in [0.25, 0.3) is 0 Å². The van der Waals surface area contributed by atoms with E-state index in [9.17, 15) is 0 Å². The fourth-order valence-electron chi connectivity index (χ4n) is 0.686. The number of nitrogens with zero attached hydrogens (tertiary/aromatic N) is 4. The maximum absolute atomic E-state index is 8.12. The molecule has 1 heterocycles. The van der Waals surface area contributed by atoms with Crippen LogP contribution in [0, 0.1) is 6.92 Å². The minimum atomic E-state index is 0.479. The van der Waals surface area contributed by atoms with Crippen LogP contribution in [0.2, 0.25) is 0 Å². The molecule has 0 bridgehead atoms. The Bertz CT molecular complexity index is 313. The van der Waals surface area contributed by atoms with E-state index in [-0.39, 0.29) is 0 Å². The van der Waals surface area contributed by atoms with Crippen molar-refractivity contribution in [3.8, 4) is 0 Å². The number of nitrogens with two attached hydrogens (primary N) is 1. The van der Waals surface area contributed by atoms with Crippen molar-refractivity contribution in [1.82, 2.24) is 4.98 Å². The first-order valence-corrected chi connectivity index (χ1v) is 3.01. The summed E-state index contributed by atoms with van der Waals surface area (Å²) in [4.78, 5) is 6.54. The highest BCUT2D eigenvalue weighted by atomic mass is 15.1. The van der Waals surface area contributed by atoms with Crippen LogP contribution >= 0.6 is 0 Å². The number of azide groups is 1. The summed E-state index contributed by atoms with van der Waals surface area (Å²) in [7, 11) is 0. The van der Waals surface area contributed by atoms with Crippen molar-refractivity contribution in [1.29, 1.82) is 0 Å². The van der Waals surface area contributed by atoms with E-state index < -0.39 is 0 Å². The molecular weight excluding hydrogens is 142 g/mol. The van der Waals surface area contributed by atoms with Gasteiger partial charge in [0.15, 0.2) is 0 Å². The Morgan fingerprint density at radius 2 is 2.45 bits per heavy atom. The van der Waals surface area contributed by atoms with Gasteiger partial charge < -0.3 is 5.73 Å². The van der Waals surface area contributed by atoms with Gasteiger partial charge in [-0.1, -0.05) is 5.11 Å². The topological polar surface area (TPSA) is 87.7 Å². The maximum Gasteiger partial charge on any atom is 0.0608 e. The van der Waals surface area contributed by atoms with Crippen LogP contribution in [0.3, 0.4) is 0 Å². The highest BCUT2D eigenvalue weighted by Crippen LogP contribution is 2.18. The monoisotopic (exact) mass is 149 g/mol. The van der Waals surface area contributed by atoms with Crippen LogP contribution in [0.4, 0.5) is 11.4 Å². The van der Waals surface area contributed by atoms with Gasteiger partial charge in [-0.15, -0.1) is 0 Å². The van der Waals surface area contributed by atoms with Gasteiger partial charge in [0.2, 0.25) is 0 Å². The second-order valence-corrected chi connectivity index (χ2v) is 2.06. The number of anilines is 1. The van der Waals surface area contributed by atoms with Crippen LogP contribution in [-0.4, -0.2) is 4.98 Å². The Morgan fingerprint density at radius 1 is 1.73 bits per heavy atom. The van der Waals surface area contributed by atoms with Gasteiger partial charge in [-0.3, -0.25) is 4.98 Å². The number of aromatic nitrogens is 1. The molecule has 5 heteroatoms. The molecule has 0 aliphatic heterocycles. The fourth-order valence-corrected chi connectivity index (χ4v) is 0.686. The summed E-state index contributed by atoms with van der Waals surface area (Å²) >= 11 is 0. The van der Waals surface area contributed by atoms with E-state index in [4.69, 9.17) is 11.3 Å². The molecule has 0 saturated heterocycles. The second kappa shape index (κ2) is 2.90. The molecule has 0 saturated carbocycles. The Hall–Kier alpha value is -1.74. The number of hydrogen-bond acceptors (Lipinski definition) is 3. The zero-order valence-electron chi connectivity index (χ0n) is 6.02. The molecule has 0 spiro atoms. The summed E-state index contributed by atoms with van der Waals surface area (Å²) in [5, 5.41) is 3.41. The molecule has 0 radical (unpaired) electrons. The molecular formula is C6H7N5. The lowest BCUT2D eigenvalue weighted by molar-refractivity contribution is 1.18. The maximum atomic E-state index is 8.12. The van der Waals surface area contributed by atoms with Crippen LogP contribution < -0.4 is 5.73 Å². The SMILES string of the molecule is Cc1ncc(N)cc1N=[N+]=[N-]. The molecule has 5 nitrogen and oxygen atoms in total. The molecule has 1 rings (SSSR count). The predicted octanol–water partition coefficient (Wildman–Crippen LogP) is 1.91. The van der Waals surface area contributed by atoms with Gasteiger partial charge in [-0.05, 0) is 18.5 Å². The molecule has 0 atom stereocenters. The van der Waals surface area contributed by atoms with E-state index in [0.29, 0.717) is 17.1 Å². The largest absolute Gasteiger partial charge is 0.397 e. The zero-order valence-corrected chi connectivity index (χ0v) is 6.02. The number of aryl methyl sites for hydroxylation is 1. The van der Waals surface area contributed by atoms with Gasteiger partial charge >= 0.3 is 0 Å². The van der Waals surface area contributed by atoms with Crippen LogP contribution in [-0.2, 0) is 0 Å². The summed E-state index contributed by atoms with van der Waals surface area (Å²) in [6.07, 6.45) is 1.52. The molecule has 0 aromatic carbocycles. The first-order valence-electron chi connectivity index (χ1n) is 3.01. The number of nitrogen functional groups attached to an aromatic ring is 1. The van der Waals surface area contributed by atoms with Crippen LogP contribution in [0.5, 0.6) is 0 Å². The molecule has 0 unspecified atom stereocenters. The molecule has 0 aliphatic carbocycles. The van der Waals surface area contributed by atoms with E-state index in [1.165, 1.54) is 6.20 Å². The van der Waals surface area contributed by atoms with Crippen LogP contribution in [0.1, 0.15) is 5.69 Å². The Kier molecular flexibility index (Phi) is 1.94. The minimum Gasteiger partial charge on any atom is -0.397 e. The smallest absolute Gasteiger partial charge is 0.0608 e. The molecule has 0 amide bonds. The lowest BCUT2D eigenvalue weighted by Crippen LogP contribution is -1.87. The fraction of sp³-hybridized carbons (Fsp3) is 0.167. The summed E-state index contributed by atoms with van der Waals surface area (Å²) in [5.74, 6) is 0. The summed E-state index contributed by atoms with van der Waals surface area (Å²) in [5.41, 5.74) is 15.2. The predicted molar refractivity (Wildman–Crippen MR) is 42.2 cm³/mol. The standard InChI is InChI=1S/C6H7N5/c1-4-6(10-11-8)2-5(7)3-9-4/h2-3H,7H2,1H3. The van der Waals surface area contributed by atoms with Gasteiger partial charge in [-0.25, -0.2) is 0 Å². The third-order valence-electron chi connectivity index (χ3n) is 1.23. The average Bonchev–Trinajstić information content (AvgIpc) is 1.98. The lowest BCUT2D eigenvalue weighted by Gasteiger charge is -1.97. The second-order valence-electron chi connectivity index (χ2n) is 2.06. The van der Waals surface area contributed by atoms with Crippen molar-refractivity contribution in [3.05, 3.63) is 28.4 Å². The Morgan fingerprint density at radius 3 is 3.09 bits per heavy atom. The molecule has 1 aromatic heterocycles. The molecule has 56 valence electrons. The third kappa shape index (κ3) is 1.59. The summed E-state index contributed by atoms with van der Waals surface area (Å²) in [6, 6.07) is 1.59. The van der Waals surface area contributed by atoms with Crippen molar-refractivity contribution in [3.63, 3.8) is 0 Å². The van der Waals surface area contributed by atoms with Crippen molar-refractivity contribution < 1.29 is 0 Å². The van der Waals surface area contributed by atoms with Crippen molar-refractivity contribution in [2.75, 3.05) is 5.73 Å². The van der Waals surface area contributed by atoms with Gasteiger partial charge in [0, 0.05) is 10.6 Å². The van der Waals surface area contributed by atoms with E-state index >= 15 is 0 Å². The molecule has 0 aliphatic rings. The van der Waals surface area contributed by atoms with Gasteiger partial charge in [0.1, 0.15) is 0 Å². The normalized spacial score (nSPS) is 8.82. The Balaban J connectivity index is 3.22. The average molecular weight is 149 g/mol. The highest BCUT2D eigenvalue weighted by Gasteiger charge is 1.95. The lowest BCUT2D eigenvalue weighted by atomic mass is 10.3. The number of rotatable bonds is 1. The number of pyridine rings is 1. The van der Waals surface area contributed by atoms with E-state index in [1.807, 2.05) is 0 Å². The first-order chi connectivity index (χ1) is 5.24. The van der Waals surface area contributed by atoms with Crippen molar-refractivity contribution >= 4 is 11.4 Å². The Labute approximate surface area is 63.5 Å². The highest BCUT2D eigenvalue weighted by molar-refractivity contribution is 5.51. The quantitative estimate of drug-likeness (QED) is 0.375. The van der Waals surface area contributed by atoms with Crippen molar-refractivity contribution in [2.45, 2.75) is 6.92 Å². The van der Waals surface area contributed by atoms with E-state index in [2.05, 4.69) is 15.0 Å². The van der Waals surface area contributed by atoms with Crippen LogP contribution in [0.15, 0.2) is 17.4 Å².